The number of hydrogen-bond acceptors (Lipinski definition) is 5. The standard InChI is InChI=1S/C22H19ClFN5O2/c1-29(2)22(30)14-6-11(8-26-20(14)25)15-9-27-21-18(19(15)23)16(10-28-21)13-5-4-12(24)7-17(13)31-3/h4-10H,1-3H3,(H2,25,26)(H,27,28). The van der Waals surface area contributed by atoms with Crippen LogP contribution < -0.4 is 10.5 Å². The number of nitrogens with zero attached hydrogens (tertiary/aromatic N) is 3. The quantitative estimate of drug-likeness (QED) is 0.492. The number of amides is 1. The molecule has 0 radical (unpaired) electrons. The molecule has 3 aromatic heterocycles. The van der Waals surface area contributed by atoms with Gasteiger partial charge >= 0.3 is 0 Å². The van der Waals surface area contributed by atoms with Crippen molar-refractivity contribution in [3.63, 3.8) is 0 Å². The van der Waals surface area contributed by atoms with Crippen LogP contribution >= 0.6 is 11.6 Å². The Morgan fingerprint density at radius 1 is 1.16 bits per heavy atom. The van der Waals surface area contributed by atoms with Crippen molar-refractivity contribution < 1.29 is 13.9 Å². The summed E-state index contributed by atoms with van der Waals surface area (Å²) in [6.45, 7) is 0. The number of methoxy groups -OCH3 is 1. The van der Waals surface area contributed by atoms with Gasteiger partial charge in [0.15, 0.2) is 0 Å². The minimum absolute atomic E-state index is 0.131. The minimum atomic E-state index is -0.406. The van der Waals surface area contributed by atoms with Crippen molar-refractivity contribution in [2.75, 3.05) is 26.9 Å². The first kappa shape index (κ1) is 20.6. The number of rotatable bonds is 4. The lowest BCUT2D eigenvalue weighted by Gasteiger charge is -2.14. The molecule has 0 spiro atoms. The number of nitrogens with one attached hydrogen (secondary N) is 1. The zero-order valence-electron chi connectivity index (χ0n) is 17.0. The number of aromatic nitrogens is 3. The second kappa shape index (κ2) is 7.88. The summed E-state index contributed by atoms with van der Waals surface area (Å²) < 4.78 is 19.0. The first-order valence-electron chi connectivity index (χ1n) is 9.28. The van der Waals surface area contributed by atoms with Crippen LogP contribution in [0.4, 0.5) is 10.2 Å². The van der Waals surface area contributed by atoms with Gasteiger partial charge in [-0.05, 0) is 18.2 Å². The molecule has 4 rings (SSSR count). The molecule has 7 nitrogen and oxygen atoms in total. The number of aromatic amines is 1. The van der Waals surface area contributed by atoms with Crippen molar-refractivity contribution in [2.45, 2.75) is 0 Å². The van der Waals surface area contributed by atoms with E-state index in [2.05, 4.69) is 15.0 Å². The summed E-state index contributed by atoms with van der Waals surface area (Å²) >= 11 is 6.80. The number of anilines is 1. The summed E-state index contributed by atoms with van der Waals surface area (Å²) in [5, 5.41) is 1.05. The number of carbonyl (C=O) groups excluding carboxylic acids is 1. The lowest BCUT2D eigenvalue weighted by Crippen LogP contribution is -2.23. The molecule has 4 aromatic rings. The highest BCUT2D eigenvalue weighted by molar-refractivity contribution is 6.39. The zero-order valence-corrected chi connectivity index (χ0v) is 17.8. The monoisotopic (exact) mass is 439 g/mol. The molecule has 31 heavy (non-hydrogen) atoms. The average molecular weight is 440 g/mol. The molecule has 3 N–H and O–H groups in total. The molecule has 0 fully saturated rings. The van der Waals surface area contributed by atoms with E-state index in [1.165, 1.54) is 24.1 Å². The van der Waals surface area contributed by atoms with Gasteiger partial charge in [-0.1, -0.05) is 11.6 Å². The number of fused-ring (bicyclic) bond motifs is 1. The first-order valence-corrected chi connectivity index (χ1v) is 9.66. The minimum Gasteiger partial charge on any atom is -0.496 e. The fourth-order valence-corrected chi connectivity index (χ4v) is 3.74. The number of benzene rings is 1. The van der Waals surface area contributed by atoms with Crippen molar-refractivity contribution in [3.05, 3.63) is 59.3 Å². The average Bonchev–Trinajstić information content (AvgIpc) is 3.18. The molecule has 0 aliphatic rings. The number of ether oxygens (including phenoxy) is 1. The molecule has 0 saturated carbocycles. The number of carbonyl (C=O) groups is 1. The summed E-state index contributed by atoms with van der Waals surface area (Å²) in [4.78, 5) is 25.6. The summed E-state index contributed by atoms with van der Waals surface area (Å²) in [7, 11) is 4.75. The van der Waals surface area contributed by atoms with Crippen molar-refractivity contribution in [3.8, 4) is 28.0 Å². The maximum Gasteiger partial charge on any atom is 0.257 e. The van der Waals surface area contributed by atoms with E-state index in [1.807, 2.05) is 0 Å². The Kier molecular flexibility index (Phi) is 5.24. The van der Waals surface area contributed by atoms with Gasteiger partial charge in [0, 0.05) is 66.4 Å². The van der Waals surface area contributed by atoms with Gasteiger partial charge in [-0.2, -0.15) is 0 Å². The molecule has 1 amide bonds. The third-order valence-electron chi connectivity index (χ3n) is 4.96. The van der Waals surface area contributed by atoms with Crippen LogP contribution in [0.15, 0.2) is 42.9 Å². The topological polar surface area (TPSA) is 97.1 Å². The molecule has 0 bridgehead atoms. The van der Waals surface area contributed by atoms with Crippen LogP contribution in [0.2, 0.25) is 5.02 Å². The Labute approximate surface area is 182 Å². The van der Waals surface area contributed by atoms with Crippen LogP contribution in [0, 0.1) is 5.82 Å². The Morgan fingerprint density at radius 3 is 2.65 bits per heavy atom. The summed E-state index contributed by atoms with van der Waals surface area (Å²) in [6, 6.07) is 5.93. The highest BCUT2D eigenvalue weighted by atomic mass is 35.5. The lowest BCUT2D eigenvalue weighted by atomic mass is 10.0. The van der Waals surface area contributed by atoms with Gasteiger partial charge in [-0.15, -0.1) is 0 Å². The third-order valence-corrected chi connectivity index (χ3v) is 5.35. The van der Waals surface area contributed by atoms with Crippen LogP contribution in [-0.4, -0.2) is 47.0 Å². The molecule has 0 aliphatic carbocycles. The maximum absolute atomic E-state index is 13.7. The lowest BCUT2D eigenvalue weighted by molar-refractivity contribution is 0.0828. The fraction of sp³-hybridized carbons (Fsp3) is 0.136. The number of nitrogens with two attached hydrogens (primary N) is 1. The van der Waals surface area contributed by atoms with Gasteiger partial charge in [0.25, 0.3) is 5.91 Å². The molecule has 9 heteroatoms. The molecule has 0 unspecified atom stereocenters. The Balaban J connectivity index is 1.92. The predicted octanol–water partition coefficient (Wildman–Crippen LogP) is 4.38. The maximum atomic E-state index is 13.7. The normalized spacial score (nSPS) is 11.0. The molecule has 0 saturated heterocycles. The number of halogens is 2. The second-order valence-corrected chi connectivity index (χ2v) is 7.49. The summed E-state index contributed by atoms with van der Waals surface area (Å²) in [6.07, 6.45) is 4.89. The number of H-pyrrole nitrogens is 1. The van der Waals surface area contributed by atoms with Gasteiger partial charge in [-0.3, -0.25) is 4.79 Å². The van der Waals surface area contributed by atoms with Crippen LogP contribution in [0.25, 0.3) is 33.3 Å². The Hall–Kier alpha value is -3.65. The van der Waals surface area contributed by atoms with Gasteiger partial charge in [0.1, 0.15) is 23.0 Å². The smallest absolute Gasteiger partial charge is 0.257 e. The third kappa shape index (κ3) is 3.55. The second-order valence-electron chi connectivity index (χ2n) is 7.11. The number of pyridine rings is 2. The summed E-state index contributed by atoms with van der Waals surface area (Å²) in [5.74, 6) is -0.173. The zero-order chi connectivity index (χ0) is 22.3. The van der Waals surface area contributed by atoms with Gasteiger partial charge in [0.2, 0.25) is 0 Å². The van der Waals surface area contributed by atoms with E-state index >= 15 is 0 Å². The van der Waals surface area contributed by atoms with Gasteiger partial charge < -0.3 is 20.4 Å². The SMILES string of the molecule is COc1cc(F)ccc1-c1c[nH]c2ncc(-c3cnc(N)c(C(=O)N(C)C)c3)c(Cl)c12. The van der Waals surface area contributed by atoms with Crippen molar-refractivity contribution in [1.29, 1.82) is 0 Å². The van der Waals surface area contributed by atoms with E-state index in [4.69, 9.17) is 22.1 Å². The predicted molar refractivity (Wildman–Crippen MR) is 119 cm³/mol. The van der Waals surface area contributed by atoms with Crippen LogP contribution in [-0.2, 0) is 0 Å². The number of hydrogen-bond donors (Lipinski definition) is 2. The van der Waals surface area contributed by atoms with Crippen LogP contribution in [0.5, 0.6) is 5.75 Å². The molecular formula is C22H19ClFN5O2. The van der Waals surface area contributed by atoms with E-state index in [0.717, 1.165) is 0 Å². The van der Waals surface area contributed by atoms with E-state index in [0.29, 0.717) is 44.1 Å². The highest BCUT2D eigenvalue weighted by Crippen LogP contribution is 2.41. The van der Waals surface area contributed by atoms with Crippen LogP contribution in [0.1, 0.15) is 10.4 Å². The van der Waals surface area contributed by atoms with Crippen molar-refractivity contribution in [1.82, 2.24) is 19.9 Å². The van der Waals surface area contributed by atoms with Crippen molar-refractivity contribution >= 4 is 34.4 Å². The molecule has 0 aliphatic heterocycles. The van der Waals surface area contributed by atoms with Gasteiger partial charge in [-0.25, -0.2) is 14.4 Å². The molecule has 158 valence electrons. The number of nitrogen functional groups attached to an aromatic ring is 1. The van der Waals surface area contributed by atoms with E-state index in [9.17, 15) is 9.18 Å². The molecule has 0 atom stereocenters. The molecular weight excluding hydrogens is 421 g/mol. The fourth-order valence-electron chi connectivity index (χ4n) is 3.39. The first-order chi connectivity index (χ1) is 14.8. The van der Waals surface area contributed by atoms with E-state index < -0.39 is 5.82 Å². The molecule has 3 heterocycles. The summed E-state index contributed by atoms with van der Waals surface area (Å²) in [5.41, 5.74) is 9.28. The Morgan fingerprint density at radius 2 is 1.94 bits per heavy atom. The van der Waals surface area contributed by atoms with E-state index in [-0.39, 0.29) is 17.3 Å². The highest BCUT2D eigenvalue weighted by Gasteiger charge is 2.20. The van der Waals surface area contributed by atoms with Crippen molar-refractivity contribution in [2.24, 2.45) is 0 Å². The van der Waals surface area contributed by atoms with Crippen LogP contribution in [0.3, 0.4) is 0 Å². The largest absolute Gasteiger partial charge is 0.496 e. The Bertz CT molecular complexity index is 1320. The van der Waals surface area contributed by atoms with Gasteiger partial charge in [0.05, 0.1) is 17.7 Å². The van der Waals surface area contributed by atoms with E-state index in [1.54, 1.807) is 44.8 Å². The molecule has 1 aromatic carbocycles.